The van der Waals surface area contributed by atoms with E-state index in [9.17, 15) is 4.39 Å². The highest BCUT2D eigenvalue weighted by molar-refractivity contribution is 6.11. The molecule has 1 unspecified atom stereocenters. The molecule has 3 nitrogen and oxygen atoms in total. The van der Waals surface area contributed by atoms with Crippen LogP contribution in [0, 0.1) is 0 Å². The summed E-state index contributed by atoms with van der Waals surface area (Å²) < 4.78 is 14.9. The Balaban J connectivity index is 1.65. The molecule has 130 valence electrons. The molecule has 0 radical (unpaired) electrons. The van der Waals surface area contributed by atoms with Gasteiger partial charge in [-0.15, -0.1) is 0 Å². The topological polar surface area (TPSA) is 41.6 Å². The quantitative estimate of drug-likeness (QED) is 0.443. The zero-order valence-corrected chi connectivity index (χ0v) is 14.4. The molecule has 4 heteroatoms. The van der Waals surface area contributed by atoms with E-state index >= 15 is 0 Å². The van der Waals surface area contributed by atoms with E-state index in [0.717, 1.165) is 27.7 Å². The van der Waals surface area contributed by atoms with Gasteiger partial charge in [0.25, 0.3) is 0 Å². The van der Waals surface area contributed by atoms with Gasteiger partial charge in [0.2, 0.25) is 0 Å². The van der Waals surface area contributed by atoms with Crippen molar-refractivity contribution in [2.24, 2.45) is 0 Å². The minimum atomic E-state index is -1.35. The van der Waals surface area contributed by atoms with E-state index in [1.54, 1.807) is 30.5 Å². The van der Waals surface area contributed by atoms with Gasteiger partial charge in [-0.05, 0) is 30.3 Å². The number of rotatable bonds is 3. The average molecular weight is 353 g/mol. The van der Waals surface area contributed by atoms with Gasteiger partial charge in [-0.2, -0.15) is 0 Å². The SMILES string of the molecule is FC(c1ccccn1)c1cccc(-c2cccc3c2[nH]c2ccccc23)n1. The Morgan fingerprint density at radius 3 is 2.41 bits per heavy atom. The number of H-pyrrole nitrogens is 1. The number of benzene rings is 2. The summed E-state index contributed by atoms with van der Waals surface area (Å²) in [6, 6.07) is 25.0. The van der Waals surface area contributed by atoms with Crippen molar-refractivity contribution < 1.29 is 4.39 Å². The third kappa shape index (κ3) is 2.66. The average Bonchev–Trinajstić information content (AvgIpc) is 3.13. The van der Waals surface area contributed by atoms with E-state index in [4.69, 9.17) is 0 Å². The lowest BCUT2D eigenvalue weighted by atomic mass is 10.0. The lowest BCUT2D eigenvalue weighted by Gasteiger charge is -2.09. The van der Waals surface area contributed by atoms with Crippen molar-refractivity contribution in [3.63, 3.8) is 0 Å². The number of para-hydroxylation sites is 2. The molecule has 27 heavy (non-hydrogen) atoms. The number of alkyl halides is 1. The van der Waals surface area contributed by atoms with Gasteiger partial charge in [0.05, 0.1) is 22.6 Å². The fraction of sp³-hybridized carbons (Fsp3) is 0.0435. The summed E-state index contributed by atoms with van der Waals surface area (Å²) in [7, 11) is 0. The smallest absolute Gasteiger partial charge is 0.184 e. The minimum Gasteiger partial charge on any atom is -0.354 e. The first-order valence-corrected chi connectivity index (χ1v) is 8.83. The summed E-state index contributed by atoms with van der Waals surface area (Å²) in [5.74, 6) is 0. The summed E-state index contributed by atoms with van der Waals surface area (Å²) in [4.78, 5) is 12.2. The van der Waals surface area contributed by atoms with Crippen molar-refractivity contribution in [1.29, 1.82) is 0 Å². The van der Waals surface area contributed by atoms with Gasteiger partial charge >= 0.3 is 0 Å². The molecule has 3 heterocycles. The van der Waals surface area contributed by atoms with Gasteiger partial charge in [-0.1, -0.05) is 48.5 Å². The Labute approximate surface area is 155 Å². The van der Waals surface area contributed by atoms with Crippen molar-refractivity contribution in [3.05, 3.63) is 96.4 Å². The van der Waals surface area contributed by atoms with Crippen LogP contribution in [0.2, 0.25) is 0 Å². The number of fused-ring (bicyclic) bond motifs is 3. The van der Waals surface area contributed by atoms with Crippen molar-refractivity contribution >= 4 is 21.8 Å². The van der Waals surface area contributed by atoms with Crippen LogP contribution in [0.25, 0.3) is 33.1 Å². The van der Waals surface area contributed by atoms with Crippen LogP contribution in [-0.4, -0.2) is 15.0 Å². The molecule has 0 bridgehead atoms. The van der Waals surface area contributed by atoms with Crippen molar-refractivity contribution in [2.45, 2.75) is 6.17 Å². The second kappa shape index (κ2) is 6.32. The number of hydrogen-bond donors (Lipinski definition) is 1. The van der Waals surface area contributed by atoms with Crippen LogP contribution in [-0.2, 0) is 0 Å². The highest BCUT2D eigenvalue weighted by Crippen LogP contribution is 2.33. The maximum Gasteiger partial charge on any atom is 0.184 e. The molecule has 0 saturated heterocycles. The molecule has 5 aromatic rings. The minimum absolute atomic E-state index is 0.360. The molecule has 0 spiro atoms. The Bertz CT molecular complexity index is 1240. The zero-order valence-electron chi connectivity index (χ0n) is 14.4. The molecular formula is C23H16FN3. The lowest BCUT2D eigenvalue weighted by Crippen LogP contribution is -2.00. The Morgan fingerprint density at radius 1 is 0.741 bits per heavy atom. The van der Waals surface area contributed by atoms with E-state index in [-0.39, 0.29) is 0 Å². The molecule has 1 N–H and O–H groups in total. The third-order valence-corrected chi connectivity index (χ3v) is 4.80. The van der Waals surface area contributed by atoms with Crippen LogP contribution in [0.15, 0.2) is 85.1 Å². The largest absolute Gasteiger partial charge is 0.354 e. The monoisotopic (exact) mass is 353 g/mol. The number of aromatic nitrogens is 3. The first-order valence-electron chi connectivity index (χ1n) is 8.83. The fourth-order valence-corrected chi connectivity index (χ4v) is 3.51. The van der Waals surface area contributed by atoms with Crippen LogP contribution in [0.3, 0.4) is 0 Å². The molecule has 0 fully saturated rings. The van der Waals surface area contributed by atoms with E-state index < -0.39 is 6.17 Å². The molecule has 0 saturated carbocycles. The molecule has 1 atom stereocenters. The number of hydrogen-bond acceptors (Lipinski definition) is 2. The second-order valence-corrected chi connectivity index (χ2v) is 6.46. The van der Waals surface area contributed by atoms with Gasteiger partial charge in [-0.3, -0.25) is 4.98 Å². The predicted molar refractivity (Wildman–Crippen MR) is 106 cm³/mol. The van der Waals surface area contributed by atoms with Gasteiger partial charge in [0, 0.05) is 28.0 Å². The number of nitrogens with one attached hydrogen (secondary N) is 1. The van der Waals surface area contributed by atoms with Gasteiger partial charge in [-0.25, -0.2) is 9.37 Å². The lowest BCUT2D eigenvalue weighted by molar-refractivity contribution is 0.385. The van der Waals surface area contributed by atoms with Crippen LogP contribution in [0.4, 0.5) is 4.39 Å². The number of pyridine rings is 2. The normalized spacial score (nSPS) is 12.5. The third-order valence-electron chi connectivity index (χ3n) is 4.80. The first kappa shape index (κ1) is 15.7. The number of halogens is 1. The van der Waals surface area contributed by atoms with Gasteiger partial charge in [0.1, 0.15) is 0 Å². The Hall–Kier alpha value is -3.53. The second-order valence-electron chi connectivity index (χ2n) is 6.46. The standard InChI is InChI=1S/C23H16FN3/c24-22(20-11-3-4-14-25-20)21-13-6-12-19(26-21)17-9-5-8-16-15-7-1-2-10-18(15)27-23(16)17/h1-14,22,27H. The predicted octanol–water partition coefficient (Wildman–Crippen LogP) is 5.84. The van der Waals surface area contributed by atoms with Crippen molar-refractivity contribution in [3.8, 4) is 11.3 Å². The van der Waals surface area contributed by atoms with Crippen LogP contribution in [0.1, 0.15) is 17.6 Å². The molecule has 0 aliphatic heterocycles. The van der Waals surface area contributed by atoms with E-state index in [0.29, 0.717) is 11.4 Å². The highest BCUT2D eigenvalue weighted by Gasteiger charge is 2.17. The molecule has 0 amide bonds. The molecule has 2 aromatic carbocycles. The maximum atomic E-state index is 14.9. The fourth-order valence-electron chi connectivity index (χ4n) is 3.51. The van der Waals surface area contributed by atoms with E-state index in [2.05, 4.69) is 33.2 Å². The molecule has 5 rings (SSSR count). The highest BCUT2D eigenvalue weighted by atomic mass is 19.1. The van der Waals surface area contributed by atoms with E-state index in [1.807, 2.05) is 36.4 Å². The molecule has 3 aromatic heterocycles. The van der Waals surface area contributed by atoms with Crippen molar-refractivity contribution in [2.75, 3.05) is 0 Å². The summed E-state index contributed by atoms with van der Waals surface area (Å²) in [5.41, 5.74) is 4.51. The van der Waals surface area contributed by atoms with Crippen LogP contribution in [0.5, 0.6) is 0 Å². The first-order chi connectivity index (χ1) is 13.3. The Kier molecular flexibility index (Phi) is 3.68. The molecular weight excluding hydrogens is 337 g/mol. The van der Waals surface area contributed by atoms with E-state index in [1.165, 1.54) is 5.39 Å². The summed E-state index contributed by atoms with van der Waals surface area (Å²) >= 11 is 0. The van der Waals surface area contributed by atoms with Crippen LogP contribution >= 0.6 is 0 Å². The summed E-state index contributed by atoms with van der Waals surface area (Å²) in [5, 5.41) is 2.30. The number of nitrogens with zero attached hydrogens (tertiary/aromatic N) is 2. The maximum absolute atomic E-state index is 14.9. The van der Waals surface area contributed by atoms with Crippen molar-refractivity contribution in [1.82, 2.24) is 15.0 Å². The zero-order chi connectivity index (χ0) is 18.2. The number of aromatic amines is 1. The molecule has 0 aliphatic rings. The molecule has 0 aliphatic carbocycles. The summed E-state index contributed by atoms with van der Waals surface area (Å²) in [6.45, 7) is 0. The Morgan fingerprint density at radius 2 is 1.52 bits per heavy atom. The summed E-state index contributed by atoms with van der Waals surface area (Å²) in [6.07, 6.45) is 0.241. The van der Waals surface area contributed by atoms with Crippen LogP contribution < -0.4 is 0 Å². The van der Waals surface area contributed by atoms with Gasteiger partial charge in [0.15, 0.2) is 6.17 Å². The van der Waals surface area contributed by atoms with Gasteiger partial charge < -0.3 is 4.98 Å².